The third kappa shape index (κ3) is 5.14. The molecule has 6 heteroatoms. The number of aryl methyl sites for hydroxylation is 2. The fourth-order valence-electron chi connectivity index (χ4n) is 3.10. The molecule has 2 rings (SSSR count). The van der Waals surface area contributed by atoms with E-state index in [0.717, 1.165) is 35.2 Å². The molecule has 0 saturated heterocycles. The van der Waals surface area contributed by atoms with Gasteiger partial charge in [0, 0.05) is 23.9 Å². The highest BCUT2D eigenvalue weighted by Gasteiger charge is 2.18. The molecule has 144 valence electrons. The molecular formula is C21H27N3O3. The van der Waals surface area contributed by atoms with Gasteiger partial charge in [0.2, 0.25) is 5.91 Å². The van der Waals surface area contributed by atoms with E-state index in [9.17, 15) is 14.9 Å². The highest BCUT2D eigenvalue weighted by molar-refractivity contribution is 5.93. The Hall–Kier alpha value is -2.73. The van der Waals surface area contributed by atoms with Gasteiger partial charge in [0.15, 0.2) is 0 Å². The van der Waals surface area contributed by atoms with Crippen LogP contribution in [0.25, 0.3) is 0 Å². The molecule has 1 N–H and O–H groups in total. The number of amides is 1. The molecule has 1 amide bonds. The van der Waals surface area contributed by atoms with Crippen LogP contribution >= 0.6 is 0 Å². The molecule has 1 atom stereocenters. The van der Waals surface area contributed by atoms with Gasteiger partial charge < -0.3 is 5.32 Å². The number of likely N-dealkylation sites (N-methyl/N-ethyl adjacent to an activating group) is 1. The van der Waals surface area contributed by atoms with Crippen molar-refractivity contribution in [3.63, 3.8) is 0 Å². The summed E-state index contributed by atoms with van der Waals surface area (Å²) in [5, 5.41) is 14.0. The van der Waals surface area contributed by atoms with Crippen molar-refractivity contribution in [3.05, 3.63) is 69.3 Å². The Bertz CT molecular complexity index is 798. The Balaban J connectivity index is 2.10. The summed E-state index contributed by atoms with van der Waals surface area (Å²) in [4.78, 5) is 25.1. The normalized spacial score (nSPS) is 12.0. The molecule has 0 saturated carbocycles. The summed E-state index contributed by atoms with van der Waals surface area (Å²) in [6.07, 6.45) is 1.70. The molecular weight excluding hydrogens is 342 g/mol. The van der Waals surface area contributed by atoms with Crippen LogP contribution in [-0.4, -0.2) is 29.3 Å². The van der Waals surface area contributed by atoms with Crippen molar-refractivity contribution < 1.29 is 9.72 Å². The summed E-state index contributed by atoms with van der Waals surface area (Å²) < 4.78 is 0. The number of para-hydroxylation sites is 1. The van der Waals surface area contributed by atoms with Crippen LogP contribution in [0, 0.1) is 10.1 Å². The lowest BCUT2D eigenvalue weighted by Crippen LogP contribution is -2.32. The van der Waals surface area contributed by atoms with E-state index in [4.69, 9.17) is 0 Å². The lowest BCUT2D eigenvalue weighted by molar-refractivity contribution is -0.384. The smallest absolute Gasteiger partial charge is 0.269 e. The van der Waals surface area contributed by atoms with E-state index in [0.29, 0.717) is 0 Å². The van der Waals surface area contributed by atoms with Gasteiger partial charge >= 0.3 is 0 Å². The quantitative estimate of drug-likeness (QED) is 0.554. The molecule has 0 radical (unpaired) electrons. The second-order valence-electron chi connectivity index (χ2n) is 6.65. The van der Waals surface area contributed by atoms with Crippen LogP contribution in [0.3, 0.4) is 0 Å². The first-order chi connectivity index (χ1) is 12.9. The summed E-state index contributed by atoms with van der Waals surface area (Å²) in [6, 6.07) is 12.5. The average molecular weight is 369 g/mol. The van der Waals surface area contributed by atoms with Crippen molar-refractivity contribution >= 4 is 17.3 Å². The lowest BCUT2D eigenvalue weighted by atomic mass is 10.0. The van der Waals surface area contributed by atoms with Crippen LogP contribution in [0.4, 0.5) is 11.4 Å². The van der Waals surface area contributed by atoms with E-state index in [-0.39, 0.29) is 24.2 Å². The van der Waals surface area contributed by atoms with Crippen LogP contribution in [0.2, 0.25) is 0 Å². The molecule has 0 aliphatic carbocycles. The first-order valence-electron chi connectivity index (χ1n) is 9.22. The van der Waals surface area contributed by atoms with E-state index in [2.05, 4.69) is 19.2 Å². The summed E-state index contributed by atoms with van der Waals surface area (Å²) in [5.74, 6) is -0.0922. The minimum absolute atomic E-state index is 0.0571. The van der Waals surface area contributed by atoms with Crippen LogP contribution in [-0.2, 0) is 17.6 Å². The maximum Gasteiger partial charge on any atom is 0.269 e. The topological polar surface area (TPSA) is 75.5 Å². The number of hydrogen-bond donors (Lipinski definition) is 1. The maximum atomic E-state index is 12.6. The number of anilines is 1. The first kappa shape index (κ1) is 20.6. The number of nitrogens with one attached hydrogen (secondary N) is 1. The minimum atomic E-state index is -0.406. The van der Waals surface area contributed by atoms with Gasteiger partial charge in [-0.3, -0.25) is 19.8 Å². The summed E-state index contributed by atoms with van der Waals surface area (Å²) in [6.45, 7) is 6.27. The number of rotatable bonds is 8. The van der Waals surface area contributed by atoms with Crippen LogP contribution in [0.1, 0.15) is 43.5 Å². The Morgan fingerprint density at radius 3 is 2.30 bits per heavy atom. The number of nitro benzene ring substituents is 1. The summed E-state index contributed by atoms with van der Waals surface area (Å²) in [5.41, 5.74) is 4.02. The Morgan fingerprint density at radius 1 is 1.15 bits per heavy atom. The molecule has 0 fully saturated rings. The zero-order chi connectivity index (χ0) is 20.0. The Kier molecular flexibility index (Phi) is 7.07. The van der Waals surface area contributed by atoms with Gasteiger partial charge in [0.25, 0.3) is 5.69 Å². The van der Waals surface area contributed by atoms with Crippen LogP contribution < -0.4 is 5.32 Å². The van der Waals surface area contributed by atoms with Gasteiger partial charge in [0.05, 0.1) is 11.5 Å². The predicted molar refractivity (Wildman–Crippen MR) is 108 cm³/mol. The summed E-state index contributed by atoms with van der Waals surface area (Å²) in [7, 11) is 1.84. The van der Waals surface area contributed by atoms with E-state index in [1.54, 1.807) is 12.1 Å². The van der Waals surface area contributed by atoms with Crippen LogP contribution in [0.5, 0.6) is 0 Å². The first-order valence-corrected chi connectivity index (χ1v) is 9.22. The fraction of sp³-hybridized carbons (Fsp3) is 0.381. The third-order valence-electron chi connectivity index (χ3n) is 4.88. The molecule has 6 nitrogen and oxygen atoms in total. The van der Waals surface area contributed by atoms with E-state index in [1.807, 2.05) is 43.1 Å². The second-order valence-corrected chi connectivity index (χ2v) is 6.65. The van der Waals surface area contributed by atoms with Gasteiger partial charge in [-0.2, -0.15) is 0 Å². The predicted octanol–water partition coefficient (Wildman–Crippen LogP) is 4.35. The highest BCUT2D eigenvalue weighted by Crippen LogP contribution is 2.24. The van der Waals surface area contributed by atoms with Crippen molar-refractivity contribution in [1.29, 1.82) is 0 Å². The largest absolute Gasteiger partial charge is 0.324 e. The molecule has 0 heterocycles. The molecule has 0 bridgehead atoms. The number of hydrogen-bond acceptors (Lipinski definition) is 4. The number of nitro groups is 1. The molecule has 0 aliphatic heterocycles. The molecule has 2 aromatic rings. The second kappa shape index (κ2) is 9.28. The van der Waals surface area contributed by atoms with Crippen molar-refractivity contribution in [2.24, 2.45) is 0 Å². The number of benzene rings is 2. The summed E-state index contributed by atoms with van der Waals surface area (Å²) >= 11 is 0. The lowest BCUT2D eigenvalue weighted by Gasteiger charge is -2.25. The molecule has 0 aromatic heterocycles. The zero-order valence-electron chi connectivity index (χ0n) is 16.4. The van der Waals surface area contributed by atoms with E-state index >= 15 is 0 Å². The minimum Gasteiger partial charge on any atom is -0.324 e. The van der Waals surface area contributed by atoms with Gasteiger partial charge in [-0.1, -0.05) is 44.2 Å². The molecule has 2 aromatic carbocycles. The van der Waals surface area contributed by atoms with Gasteiger partial charge in [0.1, 0.15) is 0 Å². The fourth-order valence-corrected chi connectivity index (χ4v) is 3.10. The van der Waals surface area contributed by atoms with Gasteiger partial charge in [-0.05, 0) is 43.5 Å². The number of non-ortho nitro benzene ring substituents is 1. The highest BCUT2D eigenvalue weighted by atomic mass is 16.6. The zero-order valence-corrected chi connectivity index (χ0v) is 16.4. The van der Waals surface area contributed by atoms with Gasteiger partial charge in [-0.25, -0.2) is 0 Å². The van der Waals surface area contributed by atoms with Crippen molar-refractivity contribution in [2.75, 3.05) is 18.9 Å². The molecule has 0 aliphatic rings. The van der Waals surface area contributed by atoms with Crippen molar-refractivity contribution in [3.8, 4) is 0 Å². The molecule has 0 unspecified atom stereocenters. The van der Waals surface area contributed by atoms with Crippen molar-refractivity contribution in [2.45, 2.75) is 39.7 Å². The number of carbonyl (C=O) groups is 1. The number of carbonyl (C=O) groups excluding carboxylic acids is 1. The van der Waals surface area contributed by atoms with E-state index < -0.39 is 4.92 Å². The molecule has 27 heavy (non-hydrogen) atoms. The average Bonchev–Trinajstić information content (AvgIpc) is 2.67. The van der Waals surface area contributed by atoms with E-state index in [1.165, 1.54) is 6.07 Å². The Labute approximate surface area is 160 Å². The maximum absolute atomic E-state index is 12.6. The number of nitrogens with zero attached hydrogens (tertiary/aromatic N) is 2. The van der Waals surface area contributed by atoms with Crippen molar-refractivity contribution in [1.82, 2.24) is 4.90 Å². The Morgan fingerprint density at radius 2 is 1.74 bits per heavy atom. The molecule has 0 spiro atoms. The SMILES string of the molecule is CCc1cccc(CC)c1NC(=O)CN(C)[C@H](C)c1cccc([N+](=O)[O-])c1. The third-order valence-corrected chi connectivity index (χ3v) is 4.88. The monoisotopic (exact) mass is 369 g/mol. The standard InChI is InChI=1S/C21H27N3O3/c1-5-16-9-7-10-17(6-2)21(16)22-20(25)14-23(4)15(3)18-11-8-12-19(13-18)24(26)27/h7-13,15H,5-6,14H2,1-4H3,(H,22,25)/t15-/m1/s1. The van der Waals surface area contributed by atoms with Crippen LogP contribution in [0.15, 0.2) is 42.5 Å². The van der Waals surface area contributed by atoms with Gasteiger partial charge in [-0.15, -0.1) is 0 Å².